The molecule has 0 fully saturated rings. The number of hydrogen-bond donors (Lipinski definition) is 0. The van der Waals surface area contributed by atoms with Crippen molar-refractivity contribution in [2.75, 3.05) is 9.80 Å². The monoisotopic (exact) mass is 706 g/mol. The fraction of sp³-hybridized carbons (Fsp3) is 0.125. The number of benzene rings is 7. The van der Waals surface area contributed by atoms with E-state index in [-0.39, 0.29) is 10.8 Å². The molecule has 0 aromatic heterocycles. The third-order valence-electron chi connectivity index (χ3n) is 11.1. The maximum absolute atomic E-state index is 6.96. The molecule has 3 aliphatic heterocycles. The van der Waals surface area contributed by atoms with Gasteiger partial charge in [0.15, 0.2) is 17.2 Å². The lowest BCUT2D eigenvalue weighted by Gasteiger charge is -2.40. The van der Waals surface area contributed by atoms with Crippen molar-refractivity contribution < 1.29 is 9.47 Å². The van der Waals surface area contributed by atoms with Crippen LogP contribution < -0.4 is 19.3 Å². The van der Waals surface area contributed by atoms with E-state index in [0.29, 0.717) is 0 Å². The van der Waals surface area contributed by atoms with Crippen LogP contribution >= 0.6 is 11.8 Å². The van der Waals surface area contributed by atoms with E-state index in [1.807, 2.05) is 23.9 Å². The second-order valence-corrected chi connectivity index (χ2v) is 16.0. The van der Waals surface area contributed by atoms with Crippen LogP contribution in [0.4, 0.5) is 34.1 Å². The largest absolute Gasteiger partial charge is 0.455 e. The molecule has 258 valence electrons. The number of nitrogens with zero attached hydrogens (tertiary/aromatic N) is 2. The van der Waals surface area contributed by atoms with E-state index in [4.69, 9.17) is 9.47 Å². The summed E-state index contributed by atoms with van der Waals surface area (Å²) in [6.07, 6.45) is 0. The Kier molecular flexibility index (Phi) is 7.08. The molecule has 5 heteroatoms. The maximum atomic E-state index is 6.96. The minimum Gasteiger partial charge on any atom is -0.455 e. The van der Waals surface area contributed by atoms with E-state index in [9.17, 15) is 0 Å². The molecule has 10 rings (SSSR count). The van der Waals surface area contributed by atoms with Gasteiger partial charge in [-0.1, -0.05) is 130 Å². The molecule has 0 saturated heterocycles. The third kappa shape index (κ3) is 4.84. The Labute approximate surface area is 315 Å². The van der Waals surface area contributed by atoms with Crippen LogP contribution in [-0.4, -0.2) is 0 Å². The topological polar surface area (TPSA) is 24.9 Å². The first-order valence-electron chi connectivity index (χ1n) is 18.2. The summed E-state index contributed by atoms with van der Waals surface area (Å²) in [6, 6.07) is 55.9. The van der Waals surface area contributed by atoms with Crippen LogP contribution in [0, 0.1) is 0 Å². The molecule has 53 heavy (non-hydrogen) atoms. The molecule has 0 amide bonds. The average Bonchev–Trinajstić information content (AvgIpc) is 3.18. The quantitative estimate of drug-likeness (QED) is 0.181. The highest BCUT2D eigenvalue weighted by molar-refractivity contribution is 7.99. The fourth-order valence-corrected chi connectivity index (χ4v) is 9.90. The van der Waals surface area contributed by atoms with Crippen LogP contribution in [0.1, 0.15) is 49.9 Å². The first-order chi connectivity index (χ1) is 25.8. The molecule has 0 spiro atoms. The van der Waals surface area contributed by atoms with Crippen LogP contribution in [0.15, 0.2) is 168 Å². The predicted molar refractivity (Wildman–Crippen MR) is 217 cm³/mol. The number of rotatable bonds is 4. The third-order valence-corrected chi connectivity index (χ3v) is 12.4. The molecular formula is C48H38N2O2S. The van der Waals surface area contributed by atoms with Crippen LogP contribution in [-0.2, 0) is 10.8 Å². The highest BCUT2D eigenvalue weighted by atomic mass is 32.2. The second-order valence-electron chi connectivity index (χ2n) is 15.0. The minimum atomic E-state index is -0.267. The summed E-state index contributed by atoms with van der Waals surface area (Å²) in [4.78, 5) is 7.19. The zero-order valence-electron chi connectivity index (χ0n) is 30.1. The van der Waals surface area contributed by atoms with Gasteiger partial charge in [0.2, 0.25) is 0 Å². The molecule has 3 heterocycles. The van der Waals surface area contributed by atoms with Crippen LogP contribution in [0.25, 0.3) is 0 Å². The molecule has 0 bridgehead atoms. The summed E-state index contributed by atoms with van der Waals surface area (Å²) in [6.45, 7) is 9.27. The van der Waals surface area contributed by atoms with Crippen LogP contribution in [0.3, 0.4) is 0 Å². The summed E-state index contributed by atoms with van der Waals surface area (Å²) in [7, 11) is 0. The van der Waals surface area contributed by atoms with E-state index in [2.05, 4.69) is 183 Å². The number of anilines is 6. The van der Waals surface area contributed by atoms with Gasteiger partial charge in [-0.3, -0.25) is 0 Å². The molecule has 0 saturated carbocycles. The lowest BCUT2D eigenvalue weighted by molar-refractivity contribution is 0.419. The Morgan fingerprint density at radius 1 is 0.491 bits per heavy atom. The van der Waals surface area contributed by atoms with E-state index in [1.54, 1.807) is 0 Å². The van der Waals surface area contributed by atoms with E-state index < -0.39 is 0 Å². The lowest BCUT2D eigenvalue weighted by atomic mass is 9.75. The van der Waals surface area contributed by atoms with Gasteiger partial charge in [0, 0.05) is 43.5 Å². The van der Waals surface area contributed by atoms with Gasteiger partial charge in [-0.05, 0) is 71.8 Å². The van der Waals surface area contributed by atoms with Gasteiger partial charge in [-0.2, -0.15) is 0 Å². The summed E-state index contributed by atoms with van der Waals surface area (Å²) in [5.41, 5.74) is 10.7. The van der Waals surface area contributed by atoms with E-state index >= 15 is 0 Å². The molecule has 0 unspecified atom stereocenters. The zero-order chi connectivity index (χ0) is 35.9. The number of ether oxygens (including phenoxy) is 2. The zero-order valence-corrected chi connectivity index (χ0v) is 30.9. The van der Waals surface area contributed by atoms with Gasteiger partial charge >= 0.3 is 0 Å². The van der Waals surface area contributed by atoms with Crippen molar-refractivity contribution >= 4 is 45.9 Å². The average molecular weight is 707 g/mol. The summed E-state index contributed by atoms with van der Waals surface area (Å²) >= 11 is 1.85. The van der Waals surface area contributed by atoms with Crippen molar-refractivity contribution in [3.05, 3.63) is 180 Å². The minimum absolute atomic E-state index is 0.189. The van der Waals surface area contributed by atoms with Gasteiger partial charge in [0.05, 0.1) is 28.4 Å². The molecule has 7 aromatic carbocycles. The Bertz CT molecular complexity index is 2470. The number of fused-ring (bicyclic) bond motifs is 6. The molecule has 4 nitrogen and oxygen atoms in total. The second kappa shape index (κ2) is 11.8. The van der Waals surface area contributed by atoms with Gasteiger partial charge in [-0.15, -0.1) is 0 Å². The Morgan fingerprint density at radius 2 is 1.11 bits per heavy atom. The number of para-hydroxylation sites is 5. The Balaban J connectivity index is 1.21. The van der Waals surface area contributed by atoms with Crippen molar-refractivity contribution in [3.63, 3.8) is 0 Å². The highest BCUT2D eigenvalue weighted by Gasteiger charge is 2.39. The van der Waals surface area contributed by atoms with Gasteiger partial charge in [0.1, 0.15) is 5.75 Å². The normalized spacial score (nSPS) is 15.3. The molecule has 0 N–H and O–H groups in total. The summed E-state index contributed by atoms with van der Waals surface area (Å²) in [5.74, 6) is 3.36. The lowest BCUT2D eigenvalue weighted by Crippen LogP contribution is -2.27. The molecule has 7 aromatic rings. The first kappa shape index (κ1) is 31.8. The van der Waals surface area contributed by atoms with Crippen LogP contribution in [0.5, 0.6) is 23.0 Å². The molecule has 0 atom stereocenters. The molecule has 0 aliphatic carbocycles. The summed E-state index contributed by atoms with van der Waals surface area (Å²) < 4.78 is 13.7. The molecular weight excluding hydrogens is 669 g/mol. The molecule has 3 aliphatic rings. The van der Waals surface area contributed by atoms with Crippen molar-refractivity contribution in [2.45, 2.75) is 48.3 Å². The van der Waals surface area contributed by atoms with Crippen molar-refractivity contribution in [2.24, 2.45) is 0 Å². The standard InChI is InChI=1S/C48H38N2O2S/c1-47(2)33-18-8-11-25-41(33)52-45-35(47)20-14-23-39(45)50(40-24-15-21-36-46(40)53-44-27-13-9-19-34(44)48(36,3)4)32-28-29-38-43(30-32)51-42-26-12-10-22-37(42)49(38)31-16-6-5-7-17-31/h5-30H,1-4H3. The van der Waals surface area contributed by atoms with Gasteiger partial charge < -0.3 is 19.3 Å². The first-order valence-corrected chi connectivity index (χ1v) is 19.0. The van der Waals surface area contributed by atoms with Crippen molar-refractivity contribution in [3.8, 4) is 23.0 Å². The van der Waals surface area contributed by atoms with Crippen LogP contribution in [0.2, 0.25) is 0 Å². The van der Waals surface area contributed by atoms with Crippen molar-refractivity contribution in [1.82, 2.24) is 0 Å². The SMILES string of the molecule is CC1(C)c2ccccc2Oc2c(N(c3ccc4c(c3)Oc3ccccc3N4c3ccccc3)c3cccc4c3Sc3ccccc3C4(C)C)cccc21. The number of hydrogen-bond acceptors (Lipinski definition) is 5. The molecule has 0 radical (unpaired) electrons. The highest BCUT2D eigenvalue weighted by Crippen LogP contribution is 2.59. The Hall–Kier alpha value is -5.91. The van der Waals surface area contributed by atoms with Gasteiger partial charge in [-0.25, -0.2) is 0 Å². The van der Waals surface area contributed by atoms with Gasteiger partial charge in [0.25, 0.3) is 0 Å². The maximum Gasteiger partial charge on any atom is 0.155 e. The summed E-state index contributed by atoms with van der Waals surface area (Å²) in [5, 5.41) is 0. The predicted octanol–water partition coefficient (Wildman–Crippen LogP) is 14.0. The van der Waals surface area contributed by atoms with Crippen molar-refractivity contribution in [1.29, 1.82) is 0 Å². The van der Waals surface area contributed by atoms with E-state index in [1.165, 1.54) is 26.5 Å². The Morgan fingerprint density at radius 3 is 1.94 bits per heavy atom. The van der Waals surface area contributed by atoms with E-state index in [0.717, 1.165) is 62.7 Å². The smallest absolute Gasteiger partial charge is 0.155 e. The fourth-order valence-electron chi connectivity index (χ4n) is 8.40.